The van der Waals surface area contributed by atoms with Crippen LogP contribution in [0.15, 0.2) is 146 Å². The Balaban J connectivity index is 4.55. The predicted octanol–water partition coefficient (Wildman–Crippen LogP) is 21.2. The van der Waals surface area contributed by atoms with Crippen molar-refractivity contribution in [3.05, 3.63) is 146 Å². The third kappa shape index (κ3) is 60.2. The molecule has 0 fully saturated rings. The molecule has 76 heavy (non-hydrogen) atoms. The van der Waals surface area contributed by atoms with E-state index >= 15 is 0 Å². The molecule has 0 heterocycles. The normalized spacial score (nSPS) is 13.1. The van der Waals surface area contributed by atoms with E-state index in [1.54, 1.807) is 0 Å². The predicted molar refractivity (Wildman–Crippen MR) is 329 cm³/mol. The second kappa shape index (κ2) is 62.8. The van der Waals surface area contributed by atoms with E-state index in [1.807, 2.05) is 0 Å². The fraction of sp³-hybridized carbons (Fsp3) is 0.614. The largest absolute Gasteiger partial charge is 0.462 e. The van der Waals surface area contributed by atoms with Crippen LogP contribution in [0.2, 0.25) is 0 Å². The molecule has 0 rings (SSSR count). The van der Waals surface area contributed by atoms with Gasteiger partial charge in [-0.15, -0.1) is 0 Å². The maximum atomic E-state index is 12.9. The molecule has 0 N–H and O–H groups in total. The minimum atomic E-state index is -0.822. The molecular weight excluding hydrogens is 937 g/mol. The lowest BCUT2D eigenvalue weighted by molar-refractivity contribution is -0.167. The fourth-order valence-electron chi connectivity index (χ4n) is 8.01. The minimum Gasteiger partial charge on any atom is -0.462 e. The molecule has 428 valence electrons. The first-order valence-corrected chi connectivity index (χ1v) is 30.8. The van der Waals surface area contributed by atoms with Crippen molar-refractivity contribution >= 4 is 17.9 Å². The molecule has 6 heteroatoms. The maximum Gasteiger partial charge on any atom is 0.306 e. The van der Waals surface area contributed by atoms with Crippen molar-refractivity contribution < 1.29 is 28.6 Å². The molecule has 0 radical (unpaired) electrons. The third-order valence-corrected chi connectivity index (χ3v) is 12.6. The third-order valence-electron chi connectivity index (χ3n) is 12.6. The Kier molecular flexibility index (Phi) is 58.9. The van der Waals surface area contributed by atoms with Crippen LogP contribution in [0.5, 0.6) is 0 Å². The van der Waals surface area contributed by atoms with Gasteiger partial charge < -0.3 is 14.2 Å². The molecule has 0 amide bonds. The highest BCUT2D eigenvalue weighted by Crippen LogP contribution is 2.14. The first kappa shape index (κ1) is 71.3. The average molecular weight is 1050 g/mol. The summed E-state index contributed by atoms with van der Waals surface area (Å²) >= 11 is 0. The topological polar surface area (TPSA) is 78.9 Å². The number of carbonyl (C=O) groups is 3. The molecule has 0 bridgehead atoms. The van der Waals surface area contributed by atoms with Gasteiger partial charge in [0.15, 0.2) is 6.10 Å². The molecule has 1 unspecified atom stereocenters. The Morgan fingerprint density at radius 1 is 0.276 bits per heavy atom. The zero-order valence-electron chi connectivity index (χ0n) is 49.0. The van der Waals surface area contributed by atoms with E-state index in [1.165, 1.54) is 83.5 Å². The van der Waals surface area contributed by atoms with E-state index in [2.05, 4.69) is 167 Å². The number of unbranched alkanes of at least 4 members (excludes halogenated alkanes) is 19. The molecule has 0 aliphatic rings. The van der Waals surface area contributed by atoms with Gasteiger partial charge in [0, 0.05) is 19.3 Å². The monoisotopic (exact) mass is 1050 g/mol. The summed E-state index contributed by atoms with van der Waals surface area (Å²) in [6.07, 6.45) is 89.9. The van der Waals surface area contributed by atoms with Crippen LogP contribution in [-0.2, 0) is 28.6 Å². The molecule has 0 aliphatic carbocycles. The van der Waals surface area contributed by atoms with Crippen LogP contribution < -0.4 is 0 Å². The highest BCUT2D eigenvalue weighted by atomic mass is 16.6. The number of allylic oxidation sites excluding steroid dienone is 24. The van der Waals surface area contributed by atoms with E-state index in [9.17, 15) is 14.4 Å². The summed E-state index contributed by atoms with van der Waals surface area (Å²) in [5.41, 5.74) is 0. The molecule has 1 atom stereocenters. The van der Waals surface area contributed by atoms with Gasteiger partial charge in [-0.05, 0) is 135 Å². The Morgan fingerprint density at radius 3 is 0.868 bits per heavy atom. The summed E-state index contributed by atoms with van der Waals surface area (Å²) in [6.45, 7) is 6.34. The average Bonchev–Trinajstić information content (AvgIpc) is 3.42. The summed E-state index contributed by atoms with van der Waals surface area (Å²) in [5.74, 6) is -1.00. The van der Waals surface area contributed by atoms with Crippen LogP contribution in [-0.4, -0.2) is 37.2 Å². The van der Waals surface area contributed by atoms with E-state index in [0.717, 1.165) is 128 Å². The Bertz CT molecular complexity index is 1680. The van der Waals surface area contributed by atoms with Crippen molar-refractivity contribution in [2.45, 2.75) is 264 Å². The summed E-state index contributed by atoms with van der Waals surface area (Å²) in [5, 5.41) is 0. The van der Waals surface area contributed by atoms with E-state index in [-0.39, 0.29) is 37.5 Å². The zero-order valence-corrected chi connectivity index (χ0v) is 49.0. The standard InChI is InChI=1S/C70H112O6/c1-4-7-10-13-16-19-22-25-28-31-33-34-35-36-37-40-42-45-48-51-54-57-60-63-69(72)75-66-67(65-74-68(71)62-59-56-53-50-47-44-41-38-30-27-24-21-18-15-12-9-6-3)76-70(73)64-61-58-55-52-49-46-43-39-32-29-26-23-20-17-14-11-8-5-2/h7,9-10,12,16,18-19,21,25,27-30,32-34,36-37,41-42,44-45,51,54,67H,4-6,8,11,13-15,17,20,22-24,26,31,35,38-40,43,46-50,52-53,55-66H2,1-3H3/b10-7-,12-9-,19-16-,21-18-,28-25-,30-27-,32-29-,34-33-,37-36-,44-41-,45-42-,54-51-. The van der Waals surface area contributed by atoms with Crippen molar-refractivity contribution in [2.24, 2.45) is 0 Å². The van der Waals surface area contributed by atoms with E-state index in [0.29, 0.717) is 19.3 Å². The summed E-state index contributed by atoms with van der Waals surface area (Å²) in [6, 6.07) is 0. The number of hydrogen-bond donors (Lipinski definition) is 0. The Labute approximate surface area is 467 Å². The molecular formula is C70H112O6. The Hall–Kier alpha value is -4.71. The molecule has 0 saturated carbocycles. The van der Waals surface area contributed by atoms with Crippen LogP contribution in [0.25, 0.3) is 0 Å². The van der Waals surface area contributed by atoms with Gasteiger partial charge in [0.05, 0.1) is 0 Å². The lowest BCUT2D eigenvalue weighted by Gasteiger charge is -2.18. The highest BCUT2D eigenvalue weighted by molar-refractivity contribution is 5.71. The van der Waals surface area contributed by atoms with Crippen molar-refractivity contribution in [1.82, 2.24) is 0 Å². The number of esters is 3. The zero-order chi connectivity index (χ0) is 55.0. The van der Waals surface area contributed by atoms with Crippen LogP contribution >= 0.6 is 0 Å². The van der Waals surface area contributed by atoms with Crippen LogP contribution in [0.1, 0.15) is 258 Å². The van der Waals surface area contributed by atoms with Crippen molar-refractivity contribution in [2.75, 3.05) is 13.2 Å². The van der Waals surface area contributed by atoms with Gasteiger partial charge in [-0.2, -0.15) is 0 Å². The van der Waals surface area contributed by atoms with E-state index in [4.69, 9.17) is 14.2 Å². The van der Waals surface area contributed by atoms with Gasteiger partial charge in [0.1, 0.15) is 13.2 Å². The summed E-state index contributed by atoms with van der Waals surface area (Å²) < 4.78 is 16.8. The molecule has 0 aromatic rings. The van der Waals surface area contributed by atoms with Gasteiger partial charge in [0.2, 0.25) is 0 Å². The SMILES string of the molecule is CC/C=C\C/C=C\C/C=C\C/C=C\C/C=C\C/C=C\C/C=C\CCCC(=O)OCC(COC(=O)CCCCCC/C=C\C/C=C\C/C=C\C/C=C\CC)OC(=O)CCCCCCCCC/C=C\CCCCCCCCC. The summed E-state index contributed by atoms with van der Waals surface area (Å²) in [4.78, 5) is 38.3. The van der Waals surface area contributed by atoms with Gasteiger partial charge in [-0.1, -0.05) is 250 Å². The Morgan fingerprint density at radius 2 is 0.526 bits per heavy atom. The van der Waals surface area contributed by atoms with Gasteiger partial charge in [0.25, 0.3) is 0 Å². The minimum absolute atomic E-state index is 0.116. The van der Waals surface area contributed by atoms with Crippen LogP contribution in [0, 0.1) is 0 Å². The molecule has 0 aromatic carbocycles. The molecule has 0 aliphatic heterocycles. The fourth-order valence-corrected chi connectivity index (χ4v) is 8.01. The highest BCUT2D eigenvalue weighted by Gasteiger charge is 2.19. The quantitative estimate of drug-likeness (QED) is 0.0261. The summed E-state index contributed by atoms with van der Waals surface area (Å²) in [7, 11) is 0. The van der Waals surface area contributed by atoms with Crippen molar-refractivity contribution in [3.63, 3.8) is 0 Å². The van der Waals surface area contributed by atoms with Gasteiger partial charge in [-0.25, -0.2) is 0 Å². The first-order chi connectivity index (χ1) is 37.5. The number of carbonyl (C=O) groups excluding carboxylic acids is 3. The number of ether oxygens (including phenoxy) is 3. The number of rotatable bonds is 54. The van der Waals surface area contributed by atoms with Crippen LogP contribution in [0.3, 0.4) is 0 Å². The van der Waals surface area contributed by atoms with E-state index < -0.39 is 6.10 Å². The molecule has 0 saturated heterocycles. The molecule has 0 spiro atoms. The first-order valence-electron chi connectivity index (χ1n) is 30.8. The lowest BCUT2D eigenvalue weighted by atomic mass is 10.1. The maximum absolute atomic E-state index is 12.9. The lowest BCUT2D eigenvalue weighted by Crippen LogP contribution is -2.30. The second-order valence-electron chi connectivity index (χ2n) is 19.8. The van der Waals surface area contributed by atoms with Crippen LogP contribution in [0.4, 0.5) is 0 Å². The van der Waals surface area contributed by atoms with Gasteiger partial charge in [-0.3, -0.25) is 14.4 Å². The molecule has 6 nitrogen and oxygen atoms in total. The second-order valence-corrected chi connectivity index (χ2v) is 19.8. The van der Waals surface area contributed by atoms with Crippen molar-refractivity contribution in [3.8, 4) is 0 Å². The van der Waals surface area contributed by atoms with Gasteiger partial charge >= 0.3 is 17.9 Å². The van der Waals surface area contributed by atoms with Crippen molar-refractivity contribution in [1.29, 1.82) is 0 Å². The number of hydrogen-bond acceptors (Lipinski definition) is 6. The molecule has 0 aromatic heterocycles. The smallest absolute Gasteiger partial charge is 0.306 e.